The third kappa shape index (κ3) is 0.695. The maximum atomic E-state index is 3.48. The molecule has 0 radical (unpaired) electrons. The first-order valence-corrected chi connectivity index (χ1v) is 4.91. The van der Waals surface area contributed by atoms with Crippen LogP contribution in [0.15, 0.2) is 0 Å². The summed E-state index contributed by atoms with van der Waals surface area (Å²) >= 11 is 0. The van der Waals surface area contributed by atoms with Crippen LogP contribution in [0.3, 0.4) is 0 Å². The van der Waals surface area contributed by atoms with E-state index in [-0.39, 0.29) is 0 Å². The molecule has 2 heterocycles. The van der Waals surface area contributed by atoms with Crippen molar-refractivity contribution in [3.05, 3.63) is 0 Å². The Bertz CT molecular complexity index is 174. The number of nitrogens with zero attached hydrogens (tertiary/aromatic N) is 1. The third-order valence-electron chi connectivity index (χ3n) is 4.02. The fraction of sp³-hybridized carbons (Fsp3) is 1.00. The molecule has 1 atom stereocenters. The van der Waals surface area contributed by atoms with Gasteiger partial charge in [-0.1, -0.05) is 6.42 Å². The molecular formula is C9H16N2. The molecule has 0 amide bonds. The van der Waals surface area contributed by atoms with Crippen molar-refractivity contribution in [1.29, 1.82) is 0 Å². The van der Waals surface area contributed by atoms with Crippen LogP contribution in [0.4, 0.5) is 0 Å². The summed E-state index contributed by atoms with van der Waals surface area (Å²) in [5, 5.41) is 2.50. The molecule has 1 N–H and O–H groups in total. The maximum Gasteiger partial charge on any atom is 0.0312 e. The number of fused-ring (bicyclic) bond motifs is 2. The van der Waals surface area contributed by atoms with Crippen molar-refractivity contribution in [3.8, 4) is 0 Å². The van der Waals surface area contributed by atoms with Crippen LogP contribution in [-0.2, 0) is 0 Å². The first kappa shape index (κ1) is 6.44. The summed E-state index contributed by atoms with van der Waals surface area (Å²) in [5.41, 5.74) is 4.26. The lowest BCUT2D eigenvalue weighted by molar-refractivity contribution is 0.0779. The maximum absolute atomic E-state index is 3.48. The number of rotatable bonds is 0. The van der Waals surface area contributed by atoms with Crippen LogP contribution in [0.1, 0.15) is 32.1 Å². The third-order valence-corrected chi connectivity index (χ3v) is 4.02. The van der Waals surface area contributed by atoms with Crippen molar-refractivity contribution in [2.45, 2.75) is 38.1 Å². The summed E-state index contributed by atoms with van der Waals surface area (Å²) in [7, 11) is 0. The number of hydrogen-bond acceptors (Lipinski definition) is 2. The van der Waals surface area contributed by atoms with Crippen molar-refractivity contribution in [3.63, 3.8) is 0 Å². The molecule has 1 saturated carbocycles. The lowest BCUT2D eigenvalue weighted by Crippen LogP contribution is -2.42. The van der Waals surface area contributed by atoms with Gasteiger partial charge in [-0.05, 0) is 31.1 Å². The van der Waals surface area contributed by atoms with E-state index in [0.29, 0.717) is 0 Å². The summed E-state index contributed by atoms with van der Waals surface area (Å²) in [6, 6.07) is 0.913. The Kier molecular flexibility index (Phi) is 1.16. The molecule has 2 aliphatic heterocycles. The molecule has 3 rings (SSSR count). The topological polar surface area (TPSA) is 15.3 Å². The molecule has 2 heteroatoms. The van der Waals surface area contributed by atoms with E-state index >= 15 is 0 Å². The smallest absolute Gasteiger partial charge is 0.0312 e. The molecule has 62 valence electrons. The predicted molar refractivity (Wildman–Crippen MR) is 44.0 cm³/mol. The molecule has 11 heavy (non-hydrogen) atoms. The molecule has 3 aliphatic rings. The quantitative estimate of drug-likeness (QED) is 0.560. The van der Waals surface area contributed by atoms with Gasteiger partial charge in [0.1, 0.15) is 0 Å². The second-order valence-electron chi connectivity index (χ2n) is 4.37. The Balaban J connectivity index is 1.86. The Morgan fingerprint density at radius 3 is 2.91 bits per heavy atom. The SMILES string of the molecule is C1CC2(C1)CCN1NCCC12. The van der Waals surface area contributed by atoms with Gasteiger partial charge < -0.3 is 0 Å². The van der Waals surface area contributed by atoms with Crippen molar-refractivity contribution < 1.29 is 0 Å². The average Bonchev–Trinajstić information content (AvgIpc) is 2.38. The average molecular weight is 152 g/mol. The van der Waals surface area contributed by atoms with Crippen LogP contribution in [-0.4, -0.2) is 24.1 Å². The first-order chi connectivity index (χ1) is 5.41. The van der Waals surface area contributed by atoms with E-state index in [1.54, 1.807) is 0 Å². The largest absolute Gasteiger partial charge is 0.255 e. The van der Waals surface area contributed by atoms with E-state index in [1.807, 2.05) is 0 Å². The van der Waals surface area contributed by atoms with Gasteiger partial charge in [-0.15, -0.1) is 0 Å². The molecule has 1 spiro atoms. The zero-order valence-corrected chi connectivity index (χ0v) is 6.97. The molecule has 0 aromatic heterocycles. The normalized spacial score (nSPS) is 40.9. The van der Waals surface area contributed by atoms with Crippen LogP contribution in [0.25, 0.3) is 0 Å². The minimum Gasteiger partial charge on any atom is -0.255 e. The van der Waals surface area contributed by atoms with Gasteiger partial charge in [0, 0.05) is 19.1 Å². The fourth-order valence-electron chi connectivity index (χ4n) is 3.21. The zero-order valence-electron chi connectivity index (χ0n) is 6.97. The minimum absolute atomic E-state index is 0.781. The first-order valence-electron chi connectivity index (χ1n) is 4.91. The summed E-state index contributed by atoms with van der Waals surface area (Å²) in [6.07, 6.45) is 7.38. The molecule has 0 bridgehead atoms. The second kappa shape index (κ2) is 1.99. The van der Waals surface area contributed by atoms with Crippen LogP contribution in [0.2, 0.25) is 0 Å². The summed E-state index contributed by atoms with van der Waals surface area (Å²) in [4.78, 5) is 0. The van der Waals surface area contributed by atoms with Crippen LogP contribution < -0.4 is 5.43 Å². The number of hydrogen-bond donors (Lipinski definition) is 1. The van der Waals surface area contributed by atoms with Gasteiger partial charge in [-0.3, -0.25) is 5.43 Å². The van der Waals surface area contributed by atoms with Gasteiger partial charge in [0.25, 0.3) is 0 Å². The number of nitrogens with one attached hydrogen (secondary N) is 1. The van der Waals surface area contributed by atoms with E-state index in [4.69, 9.17) is 0 Å². The summed E-state index contributed by atoms with van der Waals surface area (Å²) < 4.78 is 0. The second-order valence-corrected chi connectivity index (χ2v) is 4.37. The van der Waals surface area contributed by atoms with Gasteiger partial charge in [-0.25, -0.2) is 5.01 Å². The van der Waals surface area contributed by atoms with Gasteiger partial charge in [0.05, 0.1) is 0 Å². The number of hydrazine groups is 1. The van der Waals surface area contributed by atoms with Gasteiger partial charge in [-0.2, -0.15) is 0 Å². The molecule has 3 fully saturated rings. The molecule has 1 aliphatic carbocycles. The molecule has 1 unspecified atom stereocenters. The fourth-order valence-corrected chi connectivity index (χ4v) is 3.21. The molecule has 2 saturated heterocycles. The Morgan fingerprint density at radius 1 is 1.27 bits per heavy atom. The zero-order chi connectivity index (χ0) is 7.31. The van der Waals surface area contributed by atoms with E-state index in [2.05, 4.69) is 10.4 Å². The van der Waals surface area contributed by atoms with Crippen molar-refractivity contribution >= 4 is 0 Å². The van der Waals surface area contributed by atoms with E-state index < -0.39 is 0 Å². The van der Waals surface area contributed by atoms with Crippen LogP contribution in [0, 0.1) is 5.41 Å². The lowest BCUT2D eigenvalue weighted by atomic mass is 9.63. The van der Waals surface area contributed by atoms with Crippen molar-refractivity contribution in [1.82, 2.24) is 10.4 Å². The highest BCUT2D eigenvalue weighted by molar-refractivity contribution is 5.04. The Hall–Kier alpha value is -0.0800. The highest BCUT2D eigenvalue weighted by atomic mass is 15.6. The Labute approximate surface area is 67.9 Å². The standard InChI is InChI=1S/C9H16N2/c1-3-9(4-1)5-7-11-8(9)2-6-10-11/h8,10H,1-7H2. The van der Waals surface area contributed by atoms with E-state index in [0.717, 1.165) is 11.5 Å². The van der Waals surface area contributed by atoms with Gasteiger partial charge in [0.2, 0.25) is 0 Å². The predicted octanol–water partition coefficient (Wildman–Crippen LogP) is 1.14. The van der Waals surface area contributed by atoms with E-state index in [1.165, 1.54) is 45.2 Å². The molecule has 0 aromatic carbocycles. The lowest BCUT2D eigenvalue weighted by Gasteiger charge is -2.42. The Morgan fingerprint density at radius 2 is 2.18 bits per heavy atom. The van der Waals surface area contributed by atoms with Crippen molar-refractivity contribution in [2.24, 2.45) is 5.41 Å². The summed E-state index contributed by atoms with van der Waals surface area (Å²) in [5.74, 6) is 0. The van der Waals surface area contributed by atoms with E-state index in [9.17, 15) is 0 Å². The summed E-state index contributed by atoms with van der Waals surface area (Å²) in [6.45, 7) is 2.54. The molecule has 0 aromatic rings. The van der Waals surface area contributed by atoms with Gasteiger partial charge >= 0.3 is 0 Å². The monoisotopic (exact) mass is 152 g/mol. The molecule has 2 nitrogen and oxygen atoms in total. The van der Waals surface area contributed by atoms with Crippen LogP contribution >= 0.6 is 0 Å². The highest BCUT2D eigenvalue weighted by Crippen LogP contribution is 2.53. The van der Waals surface area contributed by atoms with Gasteiger partial charge in [0.15, 0.2) is 0 Å². The highest BCUT2D eigenvalue weighted by Gasteiger charge is 2.52. The molecular weight excluding hydrogens is 136 g/mol. The minimum atomic E-state index is 0.781. The van der Waals surface area contributed by atoms with Crippen molar-refractivity contribution in [2.75, 3.05) is 13.1 Å². The van der Waals surface area contributed by atoms with Crippen LogP contribution in [0.5, 0.6) is 0 Å².